The zero-order valence-electron chi connectivity index (χ0n) is 13.6. The maximum absolute atomic E-state index is 12.1. The van der Waals surface area contributed by atoms with Crippen molar-refractivity contribution in [2.24, 2.45) is 0 Å². The summed E-state index contributed by atoms with van der Waals surface area (Å²) in [7, 11) is 0. The Labute approximate surface area is 153 Å². The number of anilines is 1. The van der Waals surface area contributed by atoms with E-state index >= 15 is 0 Å². The van der Waals surface area contributed by atoms with E-state index in [1.54, 1.807) is 4.90 Å². The average molecular weight is 447 g/mol. The quantitative estimate of drug-likeness (QED) is 0.681. The fourth-order valence-corrected chi connectivity index (χ4v) is 2.72. The Morgan fingerprint density at radius 3 is 2.35 bits per heavy atom. The second-order valence-electron chi connectivity index (χ2n) is 6.33. The first-order chi connectivity index (χ1) is 10.7. The van der Waals surface area contributed by atoms with Gasteiger partial charge in [-0.25, -0.2) is 4.79 Å². The van der Waals surface area contributed by atoms with Crippen LogP contribution in [0.2, 0.25) is 0 Å². The summed E-state index contributed by atoms with van der Waals surface area (Å²) in [5.74, 6) is 0. The zero-order valence-corrected chi connectivity index (χ0v) is 16.7. The molecule has 0 aromatic carbocycles. The Morgan fingerprint density at radius 2 is 1.87 bits per heavy atom. The molecule has 0 unspecified atom stereocenters. The molecule has 126 valence electrons. The molecule has 0 bridgehead atoms. The maximum Gasteiger partial charge on any atom is 0.410 e. The number of hydrogen-bond donors (Lipinski definition) is 0. The van der Waals surface area contributed by atoms with Crippen LogP contribution in [0.5, 0.6) is 0 Å². The van der Waals surface area contributed by atoms with Gasteiger partial charge in [-0.3, -0.25) is 4.98 Å². The van der Waals surface area contributed by atoms with Gasteiger partial charge in [-0.15, -0.1) is 0 Å². The van der Waals surface area contributed by atoms with Crippen LogP contribution in [-0.4, -0.2) is 47.8 Å². The summed E-state index contributed by atoms with van der Waals surface area (Å²) >= 11 is 6.65. The first-order valence-corrected chi connectivity index (χ1v) is 9.05. The third kappa shape index (κ3) is 5.80. The van der Waals surface area contributed by atoms with Crippen molar-refractivity contribution in [3.05, 3.63) is 27.4 Å². The predicted octanol–water partition coefficient (Wildman–Crippen LogP) is 4.23. The first-order valence-electron chi connectivity index (χ1n) is 7.46. The van der Waals surface area contributed by atoms with Gasteiger partial charge in [0.15, 0.2) is 0 Å². The topological polar surface area (TPSA) is 45.7 Å². The summed E-state index contributed by atoms with van der Waals surface area (Å²) in [4.78, 5) is 20.5. The van der Waals surface area contributed by atoms with E-state index in [1.807, 2.05) is 45.2 Å². The summed E-state index contributed by atoms with van der Waals surface area (Å²) < 4.78 is 6.27. The van der Waals surface area contributed by atoms with Crippen LogP contribution in [0.15, 0.2) is 21.7 Å². The van der Waals surface area contributed by atoms with Crippen LogP contribution in [-0.2, 0) is 4.74 Å². The monoisotopic (exact) mass is 445 g/mol. The SMILES string of the molecule is CC(C)(C)OC(=O)N1CCN(c2ccc(C=C(Br)Br)nc2)CC1. The molecule has 2 rings (SSSR count). The number of piperazine rings is 1. The number of halogens is 2. The van der Waals surface area contributed by atoms with E-state index in [0.717, 1.165) is 27.9 Å². The highest BCUT2D eigenvalue weighted by atomic mass is 79.9. The Kier molecular flexibility index (Phi) is 6.08. The molecular weight excluding hydrogens is 426 g/mol. The van der Waals surface area contributed by atoms with Crippen LogP contribution >= 0.6 is 31.9 Å². The van der Waals surface area contributed by atoms with Crippen molar-refractivity contribution < 1.29 is 9.53 Å². The normalized spacial score (nSPS) is 15.3. The smallest absolute Gasteiger partial charge is 0.410 e. The fraction of sp³-hybridized carbons (Fsp3) is 0.500. The summed E-state index contributed by atoms with van der Waals surface area (Å²) in [5, 5.41) is 0. The van der Waals surface area contributed by atoms with Crippen LogP contribution in [0.4, 0.5) is 10.5 Å². The van der Waals surface area contributed by atoms with E-state index in [2.05, 4.69) is 41.7 Å². The molecule has 0 aliphatic carbocycles. The lowest BCUT2D eigenvalue weighted by atomic mass is 10.2. The maximum atomic E-state index is 12.1. The van der Waals surface area contributed by atoms with Gasteiger partial charge in [-0.2, -0.15) is 0 Å². The second-order valence-corrected chi connectivity index (χ2v) is 9.10. The molecule has 1 amide bonds. The van der Waals surface area contributed by atoms with Crippen LogP contribution < -0.4 is 4.90 Å². The lowest BCUT2D eigenvalue weighted by molar-refractivity contribution is 0.0240. The van der Waals surface area contributed by atoms with Crippen molar-refractivity contribution in [3.8, 4) is 0 Å². The van der Waals surface area contributed by atoms with Crippen LogP contribution in [0, 0.1) is 0 Å². The van der Waals surface area contributed by atoms with Gasteiger partial charge < -0.3 is 14.5 Å². The Hall–Kier alpha value is -1.08. The number of amides is 1. The highest BCUT2D eigenvalue weighted by Crippen LogP contribution is 2.20. The number of carbonyl (C=O) groups excluding carboxylic acids is 1. The highest BCUT2D eigenvalue weighted by Gasteiger charge is 2.25. The van der Waals surface area contributed by atoms with Gasteiger partial charge in [0.05, 0.1) is 21.0 Å². The van der Waals surface area contributed by atoms with E-state index in [0.29, 0.717) is 13.1 Å². The number of aromatic nitrogens is 1. The highest BCUT2D eigenvalue weighted by molar-refractivity contribution is 9.28. The molecule has 1 saturated heterocycles. The van der Waals surface area contributed by atoms with Gasteiger partial charge in [-0.05, 0) is 70.8 Å². The molecule has 2 heterocycles. The molecule has 1 fully saturated rings. The van der Waals surface area contributed by atoms with Gasteiger partial charge in [0.1, 0.15) is 5.60 Å². The van der Waals surface area contributed by atoms with E-state index in [4.69, 9.17) is 4.74 Å². The standard InChI is InChI=1S/C16H21Br2N3O2/c1-16(2,3)23-15(22)21-8-6-20(7-9-21)13-5-4-12(19-11-13)10-14(17)18/h4-5,10-11H,6-9H2,1-3H3. The van der Waals surface area contributed by atoms with Crippen molar-refractivity contribution in [2.75, 3.05) is 31.1 Å². The van der Waals surface area contributed by atoms with E-state index < -0.39 is 5.60 Å². The lowest BCUT2D eigenvalue weighted by Crippen LogP contribution is -2.50. The van der Waals surface area contributed by atoms with Crippen LogP contribution in [0.25, 0.3) is 6.08 Å². The molecule has 5 nitrogen and oxygen atoms in total. The minimum atomic E-state index is -0.453. The van der Waals surface area contributed by atoms with Crippen molar-refractivity contribution in [1.29, 1.82) is 0 Å². The minimum absolute atomic E-state index is 0.238. The summed E-state index contributed by atoms with van der Waals surface area (Å²) in [5.41, 5.74) is 1.49. The summed E-state index contributed by atoms with van der Waals surface area (Å²) in [6.45, 7) is 8.51. The Morgan fingerprint density at radius 1 is 1.22 bits per heavy atom. The molecule has 7 heteroatoms. The van der Waals surface area contributed by atoms with Gasteiger partial charge in [-0.1, -0.05) is 0 Å². The third-order valence-electron chi connectivity index (χ3n) is 3.32. The molecule has 1 aliphatic heterocycles. The van der Waals surface area contributed by atoms with Crippen molar-refractivity contribution in [1.82, 2.24) is 9.88 Å². The third-order valence-corrected chi connectivity index (χ3v) is 3.78. The van der Waals surface area contributed by atoms with Gasteiger partial charge in [0, 0.05) is 26.2 Å². The second kappa shape index (κ2) is 7.66. The molecule has 0 atom stereocenters. The van der Waals surface area contributed by atoms with Gasteiger partial charge >= 0.3 is 6.09 Å². The molecule has 0 spiro atoms. The molecule has 1 aromatic rings. The van der Waals surface area contributed by atoms with Gasteiger partial charge in [0.2, 0.25) is 0 Å². The summed E-state index contributed by atoms with van der Waals surface area (Å²) in [6.07, 6.45) is 3.51. The number of rotatable bonds is 2. The van der Waals surface area contributed by atoms with Crippen LogP contribution in [0.3, 0.4) is 0 Å². The molecule has 1 aliphatic rings. The van der Waals surface area contributed by atoms with Gasteiger partial charge in [0.25, 0.3) is 0 Å². The number of ether oxygens (including phenoxy) is 1. The zero-order chi connectivity index (χ0) is 17.0. The summed E-state index contributed by atoms with van der Waals surface area (Å²) in [6, 6.07) is 4.02. The number of carbonyl (C=O) groups is 1. The largest absolute Gasteiger partial charge is 0.444 e. The average Bonchev–Trinajstić information content (AvgIpc) is 2.46. The molecule has 0 radical (unpaired) electrons. The number of nitrogens with zero attached hydrogens (tertiary/aromatic N) is 3. The lowest BCUT2D eigenvalue weighted by Gasteiger charge is -2.36. The van der Waals surface area contributed by atoms with E-state index in [1.165, 1.54) is 0 Å². The fourth-order valence-electron chi connectivity index (χ4n) is 2.26. The number of hydrogen-bond acceptors (Lipinski definition) is 4. The minimum Gasteiger partial charge on any atom is -0.444 e. The van der Waals surface area contributed by atoms with E-state index in [-0.39, 0.29) is 6.09 Å². The predicted molar refractivity (Wildman–Crippen MR) is 100 cm³/mol. The Balaban J connectivity index is 1.91. The molecule has 0 saturated carbocycles. The van der Waals surface area contributed by atoms with E-state index in [9.17, 15) is 4.79 Å². The molecular formula is C16H21Br2N3O2. The molecule has 0 N–H and O–H groups in total. The molecule has 23 heavy (non-hydrogen) atoms. The van der Waals surface area contributed by atoms with Crippen molar-refractivity contribution in [2.45, 2.75) is 26.4 Å². The Bertz CT molecular complexity index is 570. The number of pyridine rings is 1. The van der Waals surface area contributed by atoms with Crippen molar-refractivity contribution in [3.63, 3.8) is 0 Å². The molecule has 1 aromatic heterocycles. The first kappa shape index (κ1) is 18.3. The van der Waals surface area contributed by atoms with Crippen LogP contribution in [0.1, 0.15) is 26.5 Å². The van der Waals surface area contributed by atoms with Crippen molar-refractivity contribution >= 4 is 49.7 Å².